The number of para-hydroxylation sites is 2. The van der Waals surface area contributed by atoms with Crippen molar-refractivity contribution in [1.82, 2.24) is 0 Å². The molecule has 0 atom stereocenters. The normalized spacial score (nSPS) is 10.3. The number of hydrogen-bond donors (Lipinski definition) is 1. The van der Waals surface area contributed by atoms with Crippen LogP contribution in [0.1, 0.15) is 0 Å². The topological polar surface area (TPSA) is 25.1 Å². The van der Waals surface area contributed by atoms with Crippen molar-refractivity contribution in [1.29, 1.82) is 0 Å². The molecule has 1 N–H and O–H groups in total. The van der Waals surface area contributed by atoms with Gasteiger partial charge in [-0.1, -0.05) is 66.5 Å². The van der Waals surface area contributed by atoms with Crippen LogP contribution in [0.2, 0.25) is 0 Å². The lowest BCUT2D eigenvalue weighted by atomic mass is 10.2. The van der Waals surface area contributed by atoms with Crippen LogP contribution in [0.3, 0.4) is 0 Å². The number of hydrogen-bond acceptors (Lipinski definition) is 3. The number of anilines is 2. The Kier molecular flexibility index (Phi) is 4.74. The zero-order chi connectivity index (χ0) is 16.1. The fourth-order valence-electron chi connectivity index (χ4n) is 2.45. The molecular weight excluding hydrogens is 304 g/mol. The van der Waals surface area contributed by atoms with E-state index in [4.69, 9.17) is 4.74 Å². The van der Waals surface area contributed by atoms with Crippen molar-refractivity contribution >= 4 is 22.2 Å². The van der Waals surface area contributed by atoms with Crippen LogP contribution in [-0.2, 0) is 6.54 Å². The second-order valence-corrected chi connectivity index (χ2v) is 5.87. The average Bonchev–Trinajstić information content (AvgIpc) is 2.99. The van der Waals surface area contributed by atoms with Crippen LogP contribution in [0.25, 0.3) is 11.3 Å². The molecule has 3 aromatic rings. The molecule has 3 nitrogen and oxygen atoms in total. The maximum absolute atomic E-state index is 5.42. The summed E-state index contributed by atoms with van der Waals surface area (Å²) in [6.45, 7) is 4.62. The van der Waals surface area contributed by atoms with E-state index in [9.17, 15) is 0 Å². The summed E-state index contributed by atoms with van der Waals surface area (Å²) >= 11 is 1.67. The molecule has 0 saturated carbocycles. The lowest BCUT2D eigenvalue weighted by Gasteiger charge is -2.07. The Morgan fingerprint density at radius 1 is 1.13 bits per heavy atom. The molecular formula is C19H19N2OS+. The van der Waals surface area contributed by atoms with Crippen LogP contribution in [-0.4, -0.2) is 7.11 Å². The first-order valence-corrected chi connectivity index (χ1v) is 8.29. The highest BCUT2D eigenvalue weighted by atomic mass is 32.1. The third-order valence-electron chi connectivity index (χ3n) is 3.55. The van der Waals surface area contributed by atoms with E-state index in [1.165, 1.54) is 11.3 Å². The van der Waals surface area contributed by atoms with Crippen molar-refractivity contribution < 1.29 is 9.30 Å². The fraction of sp³-hybridized carbons (Fsp3) is 0.105. The van der Waals surface area contributed by atoms with Gasteiger partial charge in [0.1, 0.15) is 12.2 Å². The van der Waals surface area contributed by atoms with Crippen molar-refractivity contribution in [3.63, 3.8) is 0 Å². The number of nitrogens with one attached hydrogen (secondary N) is 1. The molecule has 0 aliphatic rings. The van der Waals surface area contributed by atoms with E-state index in [1.807, 2.05) is 36.4 Å². The molecule has 0 saturated heterocycles. The lowest BCUT2D eigenvalue weighted by molar-refractivity contribution is -0.657. The zero-order valence-corrected chi connectivity index (χ0v) is 13.8. The second kappa shape index (κ2) is 7.11. The number of ether oxygens (including phenoxy) is 1. The molecule has 0 fully saturated rings. The van der Waals surface area contributed by atoms with E-state index in [-0.39, 0.29) is 0 Å². The van der Waals surface area contributed by atoms with Crippen LogP contribution in [0, 0.1) is 0 Å². The molecule has 0 radical (unpaired) electrons. The molecule has 0 unspecified atom stereocenters. The van der Waals surface area contributed by atoms with E-state index in [0.29, 0.717) is 0 Å². The Bertz CT molecular complexity index is 796. The van der Waals surface area contributed by atoms with E-state index >= 15 is 0 Å². The largest absolute Gasteiger partial charge is 0.492 e. The van der Waals surface area contributed by atoms with E-state index in [2.05, 4.69) is 46.1 Å². The summed E-state index contributed by atoms with van der Waals surface area (Å²) in [5.41, 5.74) is 3.32. The fourth-order valence-corrected chi connectivity index (χ4v) is 3.41. The van der Waals surface area contributed by atoms with Gasteiger partial charge in [-0.05, 0) is 12.1 Å². The molecule has 0 spiro atoms. The van der Waals surface area contributed by atoms with Crippen LogP contribution in [0.15, 0.2) is 72.6 Å². The Morgan fingerprint density at radius 3 is 2.61 bits per heavy atom. The van der Waals surface area contributed by atoms with E-state index in [1.54, 1.807) is 18.4 Å². The van der Waals surface area contributed by atoms with Gasteiger partial charge in [-0.25, -0.2) is 9.88 Å². The lowest BCUT2D eigenvalue weighted by Crippen LogP contribution is -2.35. The molecule has 0 aliphatic heterocycles. The van der Waals surface area contributed by atoms with E-state index < -0.39 is 0 Å². The van der Waals surface area contributed by atoms with Crippen molar-refractivity contribution in [2.45, 2.75) is 6.54 Å². The van der Waals surface area contributed by atoms with Gasteiger partial charge in [0.25, 0.3) is 0 Å². The number of rotatable bonds is 6. The Balaban J connectivity index is 2.00. The summed E-state index contributed by atoms with van der Waals surface area (Å²) in [7, 11) is 1.68. The number of aromatic nitrogens is 1. The summed E-state index contributed by atoms with van der Waals surface area (Å²) in [5, 5.41) is 6.69. The molecule has 2 aromatic carbocycles. The van der Waals surface area contributed by atoms with Crippen LogP contribution in [0.4, 0.5) is 10.8 Å². The van der Waals surface area contributed by atoms with Crippen molar-refractivity contribution in [3.05, 3.63) is 72.6 Å². The summed E-state index contributed by atoms with van der Waals surface area (Å²) in [4.78, 5) is 0. The number of methoxy groups -OCH3 is 1. The average molecular weight is 323 g/mol. The highest BCUT2D eigenvalue weighted by Gasteiger charge is 2.19. The molecule has 116 valence electrons. The first-order valence-electron chi connectivity index (χ1n) is 7.41. The summed E-state index contributed by atoms with van der Waals surface area (Å²) < 4.78 is 7.64. The predicted octanol–water partition coefficient (Wildman–Crippen LogP) is 4.64. The molecule has 1 heterocycles. The van der Waals surface area contributed by atoms with Crippen molar-refractivity contribution in [2.75, 3.05) is 12.4 Å². The third-order valence-corrected chi connectivity index (χ3v) is 4.43. The molecule has 23 heavy (non-hydrogen) atoms. The standard InChI is InChI=1S/C19H18N2OS/c1-3-13-21-17(15-9-5-4-6-10-15)14-23-19(21)20-16-11-7-8-12-18(16)22-2/h3-12,14H,1,13H2,2H3/p+1. The molecule has 0 aliphatic carbocycles. The van der Waals surface area contributed by atoms with Gasteiger partial charge >= 0.3 is 5.13 Å². The summed E-state index contributed by atoms with van der Waals surface area (Å²) in [5.74, 6) is 0.826. The van der Waals surface area contributed by atoms with Crippen LogP contribution in [0.5, 0.6) is 5.75 Å². The number of allylic oxidation sites excluding steroid dienone is 1. The maximum Gasteiger partial charge on any atom is 0.339 e. The summed E-state index contributed by atoms with van der Waals surface area (Å²) in [6.07, 6.45) is 1.91. The number of benzene rings is 2. The van der Waals surface area contributed by atoms with Gasteiger partial charge in [-0.2, -0.15) is 0 Å². The number of nitrogens with zero attached hydrogens (tertiary/aromatic N) is 1. The maximum atomic E-state index is 5.42. The minimum atomic E-state index is 0.741. The summed E-state index contributed by atoms with van der Waals surface area (Å²) in [6, 6.07) is 18.3. The van der Waals surface area contributed by atoms with Crippen molar-refractivity contribution in [3.8, 4) is 17.0 Å². The highest BCUT2D eigenvalue weighted by Crippen LogP contribution is 2.30. The van der Waals surface area contributed by atoms with Gasteiger partial charge in [-0.15, -0.1) is 0 Å². The van der Waals surface area contributed by atoms with Gasteiger partial charge in [0.05, 0.1) is 7.11 Å². The SMILES string of the molecule is C=CC[n+]1c(-c2ccccc2)csc1Nc1ccccc1OC. The molecule has 0 bridgehead atoms. The van der Waals surface area contributed by atoms with Gasteiger partial charge in [0.15, 0.2) is 11.4 Å². The first-order chi connectivity index (χ1) is 11.3. The van der Waals surface area contributed by atoms with Gasteiger partial charge in [0, 0.05) is 10.9 Å². The Morgan fingerprint density at radius 2 is 1.87 bits per heavy atom. The van der Waals surface area contributed by atoms with Crippen LogP contribution < -0.4 is 14.6 Å². The number of thiazole rings is 1. The smallest absolute Gasteiger partial charge is 0.339 e. The monoisotopic (exact) mass is 323 g/mol. The molecule has 3 rings (SSSR count). The van der Waals surface area contributed by atoms with Gasteiger partial charge in [-0.3, -0.25) is 0 Å². The minimum absolute atomic E-state index is 0.741. The molecule has 0 amide bonds. The third kappa shape index (κ3) is 3.27. The van der Waals surface area contributed by atoms with Gasteiger partial charge < -0.3 is 4.74 Å². The van der Waals surface area contributed by atoms with Crippen molar-refractivity contribution in [2.24, 2.45) is 0 Å². The second-order valence-electron chi connectivity index (χ2n) is 5.02. The quantitative estimate of drug-likeness (QED) is 0.528. The highest BCUT2D eigenvalue weighted by molar-refractivity contribution is 7.13. The molecule has 1 aromatic heterocycles. The predicted molar refractivity (Wildman–Crippen MR) is 96.4 cm³/mol. The van der Waals surface area contributed by atoms with Crippen LogP contribution >= 0.6 is 11.3 Å². The first kappa shape index (κ1) is 15.3. The molecule has 4 heteroatoms. The Hall–Kier alpha value is -2.59. The Labute approximate surface area is 140 Å². The minimum Gasteiger partial charge on any atom is -0.492 e. The van der Waals surface area contributed by atoms with Gasteiger partial charge in [0.2, 0.25) is 0 Å². The zero-order valence-electron chi connectivity index (χ0n) is 13.0. The van der Waals surface area contributed by atoms with E-state index in [0.717, 1.165) is 23.1 Å².